The third-order valence-electron chi connectivity index (χ3n) is 3.33. The van der Waals surface area contributed by atoms with Crippen molar-refractivity contribution in [3.8, 4) is 17.2 Å². The molecular formula is C18H18O4. The van der Waals surface area contributed by atoms with Crippen LogP contribution in [0.15, 0.2) is 42.5 Å². The van der Waals surface area contributed by atoms with E-state index in [4.69, 9.17) is 9.47 Å². The van der Waals surface area contributed by atoms with Crippen molar-refractivity contribution in [2.75, 3.05) is 14.2 Å². The third kappa shape index (κ3) is 3.28. The molecule has 0 saturated carbocycles. The minimum atomic E-state index is -0.283. The fraction of sp³-hybridized carbons (Fsp3) is 0.167. The van der Waals surface area contributed by atoms with Crippen LogP contribution >= 0.6 is 0 Å². The van der Waals surface area contributed by atoms with E-state index < -0.39 is 0 Å². The average molecular weight is 298 g/mol. The lowest BCUT2D eigenvalue weighted by molar-refractivity contribution is 0.104. The van der Waals surface area contributed by atoms with E-state index >= 15 is 0 Å². The first-order valence-electron chi connectivity index (χ1n) is 6.80. The first kappa shape index (κ1) is 15.6. The number of carbonyl (C=O) groups excluding carboxylic acids is 1. The highest BCUT2D eigenvalue weighted by Gasteiger charge is 2.12. The van der Waals surface area contributed by atoms with Gasteiger partial charge in [0.15, 0.2) is 5.78 Å². The number of rotatable bonds is 5. The Morgan fingerprint density at radius 2 is 1.77 bits per heavy atom. The Morgan fingerprint density at radius 3 is 2.45 bits per heavy atom. The van der Waals surface area contributed by atoms with Crippen LogP contribution < -0.4 is 9.47 Å². The summed E-state index contributed by atoms with van der Waals surface area (Å²) in [6.07, 6.45) is 3.08. The second kappa shape index (κ2) is 6.80. The Balaban J connectivity index is 2.29. The molecule has 0 aromatic heterocycles. The third-order valence-corrected chi connectivity index (χ3v) is 3.33. The maximum absolute atomic E-state index is 12.3. The zero-order chi connectivity index (χ0) is 16.1. The SMILES string of the molecule is COc1cc(O)c(C(=O)/C=C/c2ccccc2OC)cc1C. The lowest BCUT2D eigenvalue weighted by Crippen LogP contribution is -1.98. The van der Waals surface area contributed by atoms with Crippen molar-refractivity contribution in [2.45, 2.75) is 6.92 Å². The molecule has 0 aliphatic rings. The summed E-state index contributed by atoms with van der Waals surface area (Å²) >= 11 is 0. The summed E-state index contributed by atoms with van der Waals surface area (Å²) in [5, 5.41) is 9.96. The first-order valence-corrected chi connectivity index (χ1v) is 6.80. The number of ketones is 1. The van der Waals surface area contributed by atoms with Crippen LogP contribution in [0.25, 0.3) is 6.08 Å². The Morgan fingerprint density at radius 1 is 1.09 bits per heavy atom. The van der Waals surface area contributed by atoms with Gasteiger partial charge in [0.25, 0.3) is 0 Å². The number of methoxy groups -OCH3 is 2. The number of aryl methyl sites for hydroxylation is 1. The number of aromatic hydroxyl groups is 1. The second-order valence-electron chi connectivity index (χ2n) is 4.78. The highest BCUT2D eigenvalue weighted by molar-refractivity contribution is 6.09. The topological polar surface area (TPSA) is 55.8 Å². The van der Waals surface area contributed by atoms with E-state index in [1.165, 1.54) is 19.3 Å². The Kier molecular flexibility index (Phi) is 4.84. The van der Waals surface area contributed by atoms with Crippen molar-refractivity contribution in [1.29, 1.82) is 0 Å². The maximum Gasteiger partial charge on any atom is 0.189 e. The van der Waals surface area contributed by atoms with Crippen LogP contribution in [-0.2, 0) is 0 Å². The number of phenolic OH excluding ortho intramolecular Hbond substituents is 1. The van der Waals surface area contributed by atoms with Crippen LogP contribution in [0, 0.1) is 6.92 Å². The number of phenols is 1. The Bertz CT molecular complexity index is 717. The van der Waals surface area contributed by atoms with Gasteiger partial charge in [0.1, 0.15) is 17.2 Å². The Labute approximate surface area is 129 Å². The maximum atomic E-state index is 12.3. The summed E-state index contributed by atoms with van der Waals surface area (Å²) in [7, 11) is 3.10. The van der Waals surface area contributed by atoms with E-state index in [-0.39, 0.29) is 17.1 Å². The van der Waals surface area contributed by atoms with E-state index in [1.54, 1.807) is 19.3 Å². The van der Waals surface area contributed by atoms with E-state index in [1.807, 2.05) is 31.2 Å². The monoisotopic (exact) mass is 298 g/mol. The van der Waals surface area contributed by atoms with Crippen molar-refractivity contribution in [3.63, 3.8) is 0 Å². The van der Waals surface area contributed by atoms with Crippen LogP contribution in [-0.4, -0.2) is 25.1 Å². The van der Waals surface area contributed by atoms with Gasteiger partial charge < -0.3 is 14.6 Å². The number of ether oxygens (including phenoxy) is 2. The molecular weight excluding hydrogens is 280 g/mol. The fourth-order valence-corrected chi connectivity index (χ4v) is 2.15. The number of benzene rings is 2. The summed E-state index contributed by atoms with van der Waals surface area (Å²) < 4.78 is 10.3. The van der Waals surface area contributed by atoms with Gasteiger partial charge in [-0.3, -0.25) is 4.79 Å². The van der Waals surface area contributed by atoms with Gasteiger partial charge in [-0.15, -0.1) is 0 Å². The molecule has 0 atom stereocenters. The molecule has 2 aromatic rings. The van der Waals surface area contributed by atoms with Crippen molar-refractivity contribution < 1.29 is 19.4 Å². The summed E-state index contributed by atoms with van der Waals surface area (Å²) in [4.78, 5) is 12.3. The summed E-state index contributed by atoms with van der Waals surface area (Å²) in [5.74, 6) is 0.843. The fourth-order valence-electron chi connectivity index (χ4n) is 2.15. The minimum Gasteiger partial charge on any atom is -0.507 e. The molecule has 0 saturated heterocycles. The lowest BCUT2D eigenvalue weighted by Gasteiger charge is -2.08. The molecule has 0 aliphatic heterocycles. The second-order valence-corrected chi connectivity index (χ2v) is 4.78. The molecule has 22 heavy (non-hydrogen) atoms. The highest BCUT2D eigenvalue weighted by Crippen LogP contribution is 2.28. The van der Waals surface area contributed by atoms with Crippen molar-refractivity contribution in [3.05, 3.63) is 59.2 Å². The van der Waals surface area contributed by atoms with Crippen molar-refractivity contribution >= 4 is 11.9 Å². The van der Waals surface area contributed by atoms with Gasteiger partial charge in [0.05, 0.1) is 19.8 Å². The molecule has 0 aliphatic carbocycles. The smallest absolute Gasteiger partial charge is 0.189 e. The van der Waals surface area contributed by atoms with E-state index in [0.717, 1.165) is 11.1 Å². The largest absolute Gasteiger partial charge is 0.507 e. The average Bonchev–Trinajstić information content (AvgIpc) is 2.54. The number of hydrogen-bond acceptors (Lipinski definition) is 4. The van der Waals surface area contributed by atoms with Gasteiger partial charge >= 0.3 is 0 Å². The molecule has 1 N–H and O–H groups in total. The normalized spacial score (nSPS) is 10.7. The Hall–Kier alpha value is -2.75. The van der Waals surface area contributed by atoms with E-state index in [0.29, 0.717) is 11.5 Å². The van der Waals surface area contributed by atoms with Gasteiger partial charge in [0, 0.05) is 11.6 Å². The quantitative estimate of drug-likeness (QED) is 0.676. The molecule has 0 radical (unpaired) electrons. The molecule has 0 unspecified atom stereocenters. The number of para-hydroxylation sites is 1. The van der Waals surface area contributed by atoms with Gasteiger partial charge in [-0.2, -0.15) is 0 Å². The zero-order valence-electron chi connectivity index (χ0n) is 12.8. The lowest BCUT2D eigenvalue weighted by atomic mass is 10.0. The van der Waals surface area contributed by atoms with Crippen molar-refractivity contribution in [1.82, 2.24) is 0 Å². The van der Waals surface area contributed by atoms with Crippen molar-refractivity contribution in [2.24, 2.45) is 0 Å². The molecule has 2 aromatic carbocycles. The molecule has 0 amide bonds. The summed E-state index contributed by atoms with van der Waals surface area (Å²) in [5.41, 5.74) is 1.82. The molecule has 0 bridgehead atoms. The summed E-state index contributed by atoms with van der Waals surface area (Å²) in [6, 6.07) is 10.4. The standard InChI is InChI=1S/C18H18O4/c1-12-10-14(16(20)11-18(12)22-3)15(19)9-8-13-6-4-5-7-17(13)21-2/h4-11,20H,1-3H3/b9-8+. The molecule has 0 heterocycles. The molecule has 2 rings (SSSR count). The predicted octanol–water partition coefficient (Wildman–Crippen LogP) is 3.61. The highest BCUT2D eigenvalue weighted by atomic mass is 16.5. The predicted molar refractivity (Wildman–Crippen MR) is 85.8 cm³/mol. The first-order chi connectivity index (χ1) is 10.6. The van der Waals surface area contributed by atoms with Crippen LogP contribution in [0.4, 0.5) is 0 Å². The molecule has 4 heteroatoms. The van der Waals surface area contributed by atoms with Gasteiger partial charge in [-0.1, -0.05) is 18.2 Å². The summed E-state index contributed by atoms with van der Waals surface area (Å²) in [6.45, 7) is 1.82. The molecule has 0 fully saturated rings. The van der Waals surface area contributed by atoms with Crippen LogP contribution in [0.2, 0.25) is 0 Å². The van der Waals surface area contributed by atoms with Gasteiger partial charge in [0.2, 0.25) is 0 Å². The zero-order valence-corrected chi connectivity index (χ0v) is 12.8. The van der Waals surface area contributed by atoms with Gasteiger partial charge in [-0.05, 0) is 36.8 Å². The molecule has 0 spiro atoms. The van der Waals surface area contributed by atoms with Gasteiger partial charge in [-0.25, -0.2) is 0 Å². The molecule has 4 nitrogen and oxygen atoms in total. The van der Waals surface area contributed by atoms with E-state index in [9.17, 15) is 9.90 Å². The number of carbonyl (C=O) groups is 1. The molecule has 114 valence electrons. The van der Waals surface area contributed by atoms with Crippen LogP contribution in [0.3, 0.4) is 0 Å². The van der Waals surface area contributed by atoms with E-state index in [2.05, 4.69) is 0 Å². The number of hydrogen-bond donors (Lipinski definition) is 1. The van der Waals surface area contributed by atoms with Crippen LogP contribution in [0.5, 0.6) is 17.2 Å². The number of allylic oxidation sites excluding steroid dienone is 1. The minimum absolute atomic E-state index is 0.0999. The van der Waals surface area contributed by atoms with Crippen LogP contribution in [0.1, 0.15) is 21.5 Å².